The minimum absolute atomic E-state index is 0.530. The van der Waals surface area contributed by atoms with Gasteiger partial charge in [-0.3, -0.25) is 0 Å². The van der Waals surface area contributed by atoms with Gasteiger partial charge in [-0.2, -0.15) is 0 Å². The number of nitrogens with one attached hydrogen (secondary N) is 1. The highest BCUT2D eigenvalue weighted by Crippen LogP contribution is 2.40. The van der Waals surface area contributed by atoms with E-state index >= 15 is 0 Å². The number of benzene rings is 1. The van der Waals surface area contributed by atoms with Crippen molar-refractivity contribution in [3.63, 3.8) is 0 Å². The molecule has 0 bridgehead atoms. The molecule has 2 aliphatic rings. The first-order valence-electron chi connectivity index (χ1n) is 7.03. The molecule has 0 unspecified atom stereocenters. The maximum atomic E-state index is 4.77. The maximum Gasteiger partial charge on any atom is 0.137 e. The predicted molar refractivity (Wildman–Crippen MR) is 73.2 cm³/mol. The predicted octanol–water partition coefficient (Wildman–Crippen LogP) is 1.80. The van der Waals surface area contributed by atoms with Gasteiger partial charge in [0, 0.05) is 18.8 Å². The summed E-state index contributed by atoms with van der Waals surface area (Å²) in [5.74, 6) is 0. The van der Waals surface area contributed by atoms with Gasteiger partial charge in [-0.1, -0.05) is 0 Å². The van der Waals surface area contributed by atoms with Gasteiger partial charge in [-0.25, -0.2) is 4.63 Å². The van der Waals surface area contributed by atoms with Crippen molar-refractivity contribution >= 4 is 16.7 Å². The Bertz CT molecular complexity index is 588. The molecule has 0 aliphatic carbocycles. The van der Waals surface area contributed by atoms with Crippen molar-refractivity contribution in [1.82, 2.24) is 15.6 Å². The molecule has 0 atom stereocenters. The van der Waals surface area contributed by atoms with E-state index in [1.165, 1.54) is 44.6 Å². The molecule has 19 heavy (non-hydrogen) atoms. The Labute approximate surface area is 111 Å². The van der Waals surface area contributed by atoms with Crippen LogP contribution in [0.1, 0.15) is 19.3 Å². The topological polar surface area (TPSA) is 54.2 Å². The zero-order chi connectivity index (χ0) is 12.7. The first-order valence-corrected chi connectivity index (χ1v) is 7.03. The lowest BCUT2D eigenvalue weighted by molar-refractivity contribution is 0.232. The highest BCUT2D eigenvalue weighted by molar-refractivity contribution is 5.78. The van der Waals surface area contributed by atoms with Crippen LogP contribution in [-0.4, -0.2) is 36.5 Å². The Balaban J connectivity index is 1.59. The molecular weight excluding hydrogens is 240 g/mol. The average molecular weight is 258 g/mol. The van der Waals surface area contributed by atoms with Gasteiger partial charge in [-0.05, 0) is 66.3 Å². The number of hydrogen-bond donors (Lipinski definition) is 1. The van der Waals surface area contributed by atoms with Crippen LogP contribution in [0.5, 0.6) is 0 Å². The van der Waals surface area contributed by atoms with Crippen molar-refractivity contribution in [2.24, 2.45) is 5.41 Å². The number of piperidine rings is 1. The van der Waals surface area contributed by atoms with Crippen molar-refractivity contribution in [2.45, 2.75) is 19.3 Å². The van der Waals surface area contributed by atoms with Gasteiger partial charge in [0.25, 0.3) is 0 Å². The number of anilines is 1. The summed E-state index contributed by atoms with van der Waals surface area (Å²) in [5.41, 5.74) is 3.46. The van der Waals surface area contributed by atoms with Crippen LogP contribution in [0, 0.1) is 5.41 Å². The van der Waals surface area contributed by atoms with E-state index in [2.05, 4.69) is 32.7 Å². The molecule has 0 amide bonds. The third-order valence-electron chi connectivity index (χ3n) is 4.71. The molecule has 2 aromatic rings. The Hall–Kier alpha value is -1.62. The Morgan fingerprint density at radius 3 is 2.84 bits per heavy atom. The van der Waals surface area contributed by atoms with E-state index in [-0.39, 0.29) is 0 Å². The van der Waals surface area contributed by atoms with Crippen LogP contribution in [0.2, 0.25) is 0 Å². The number of nitrogens with zero attached hydrogens (tertiary/aromatic N) is 3. The molecule has 100 valence electrons. The van der Waals surface area contributed by atoms with Crippen LogP contribution < -0.4 is 10.2 Å². The standard InChI is InChI=1S/C14H18N4O/c1-2-12-13(17-19-16-12)9-11(1)18-8-5-14(10-18)3-6-15-7-4-14/h1-2,9,15H,3-8,10H2. The molecule has 4 rings (SSSR count). The van der Waals surface area contributed by atoms with Crippen LogP contribution in [0.3, 0.4) is 0 Å². The molecular formula is C14H18N4O. The molecule has 2 saturated heterocycles. The molecule has 5 heteroatoms. The lowest BCUT2D eigenvalue weighted by Gasteiger charge is -2.34. The molecule has 1 aromatic heterocycles. The van der Waals surface area contributed by atoms with Gasteiger partial charge in [0.15, 0.2) is 0 Å². The summed E-state index contributed by atoms with van der Waals surface area (Å²) < 4.78 is 4.77. The second kappa shape index (κ2) is 4.20. The van der Waals surface area contributed by atoms with Crippen LogP contribution in [0.25, 0.3) is 11.0 Å². The number of hydrogen-bond acceptors (Lipinski definition) is 5. The number of fused-ring (bicyclic) bond motifs is 1. The van der Waals surface area contributed by atoms with Gasteiger partial charge in [0.05, 0.1) is 0 Å². The third-order valence-corrected chi connectivity index (χ3v) is 4.71. The molecule has 0 saturated carbocycles. The monoisotopic (exact) mass is 258 g/mol. The highest BCUT2D eigenvalue weighted by Gasteiger charge is 2.38. The van der Waals surface area contributed by atoms with Crippen LogP contribution >= 0.6 is 0 Å². The summed E-state index contributed by atoms with van der Waals surface area (Å²) in [5, 5.41) is 11.3. The molecule has 2 fully saturated rings. The van der Waals surface area contributed by atoms with Gasteiger partial charge in [0.1, 0.15) is 11.0 Å². The van der Waals surface area contributed by atoms with E-state index in [1.54, 1.807) is 0 Å². The van der Waals surface area contributed by atoms with Crippen molar-refractivity contribution in [1.29, 1.82) is 0 Å². The minimum atomic E-state index is 0.530. The van der Waals surface area contributed by atoms with E-state index in [0.717, 1.165) is 17.6 Å². The molecule has 1 spiro atoms. The van der Waals surface area contributed by atoms with E-state index in [9.17, 15) is 0 Å². The van der Waals surface area contributed by atoms with Crippen molar-refractivity contribution in [3.05, 3.63) is 18.2 Å². The van der Waals surface area contributed by atoms with E-state index in [0.29, 0.717) is 5.41 Å². The largest absolute Gasteiger partial charge is 0.371 e. The fraction of sp³-hybridized carbons (Fsp3) is 0.571. The summed E-state index contributed by atoms with van der Waals surface area (Å²) in [6.07, 6.45) is 3.91. The second-order valence-corrected chi connectivity index (χ2v) is 5.86. The van der Waals surface area contributed by atoms with Crippen LogP contribution in [0.4, 0.5) is 5.69 Å². The normalized spacial score (nSPS) is 22.4. The summed E-state index contributed by atoms with van der Waals surface area (Å²) in [7, 11) is 0. The fourth-order valence-electron chi connectivity index (χ4n) is 3.49. The zero-order valence-corrected chi connectivity index (χ0v) is 10.9. The SMILES string of the molecule is c1cc2nonc2cc1N1CCC2(CCNCC2)C1. The van der Waals surface area contributed by atoms with Gasteiger partial charge >= 0.3 is 0 Å². The van der Waals surface area contributed by atoms with Crippen molar-refractivity contribution in [2.75, 3.05) is 31.1 Å². The second-order valence-electron chi connectivity index (χ2n) is 5.86. The van der Waals surface area contributed by atoms with Crippen molar-refractivity contribution < 1.29 is 4.63 Å². The smallest absolute Gasteiger partial charge is 0.137 e. The Morgan fingerprint density at radius 1 is 1.11 bits per heavy atom. The van der Waals surface area contributed by atoms with Crippen LogP contribution in [0.15, 0.2) is 22.8 Å². The summed E-state index contributed by atoms with van der Waals surface area (Å²) >= 11 is 0. The highest BCUT2D eigenvalue weighted by atomic mass is 16.6. The maximum absolute atomic E-state index is 4.77. The lowest BCUT2D eigenvalue weighted by atomic mass is 9.78. The van der Waals surface area contributed by atoms with E-state index < -0.39 is 0 Å². The fourth-order valence-corrected chi connectivity index (χ4v) is 3.49. The number of rotatable bonds is 1. The molecule has 0 radical (unpaired) electrons. The third kappa shape index (κ3) is 1.89. The summed E-state index contributed by atoms with van der Waals surface area (Å²) in [6, 6.07) is 6.22. The summed E-state index contributed by atoms with van der Waals surface area (Å²) in [6.45, 7) is 4.66. The number of aromatic nitrogens is 2. The molecule has 5 nitrogen and oxygen atoms in total. The molecule has 1 N–H and O–H groups in total. The Kier molecular flexibility index (Phi) is 2.48. The molecule has 3 heterocycles. The first kappa shape index (κ1) is 11.2. The summed E-state index contributed by atoms with van der Waals surface area (Å²) in [4.78, 5) is 2.49. The van der Waals surface area contributed by atoms with Gasteiger partial charge in [-0.15, -0.1) is 0 Å². The first-order chi connectivity index (χ1) is 9.35. The Morgan fingerprint density at radius 2 is 1.95 bits per heavy atom. The average Bonchev–Trinajstić information content (AvgIpc) is 3.06. The van der Waals surface area contributed by atoms with Crippen LogP contribution in [-0.2, 0) is 0 Å². The quantitative estimate of drug-likeness (QED) is 0.845. The molecule has 1 aromatic carbocycles. The lowest BCUT2D eigenvalue weighted by Crippen LogP contribution is -2.38. The van der Waals surface area contributed by atoms with Crippen molar-refractivity contribution in [3.8, 4) is 0 Å². The van der Waals surface area contributed by atoms with Gasteiger partial charge < -0.3 is 10.2 Å². The van der Waals surface area contributed by atoms with E-state index in [4.69, 9.17) is 4.63 Å². The zero-order valence-electron chi connectivity index (χ0n) is 10.9. The van der Waals surface area contributed by atoms with E-state index in [1.807, 2.05) is 6.07 Å². The minimum Gasteiger partial charge on any atom is -0.371 e. The van der Waals surface area contributed by atoms with Gasteiger partial charge in [0.2, 0.25) is 0 Å². The molecule has 2 aliphatic heterocycles.